The number of carbonyl (C=O) groups is 1. The predicted octanol–water partition coefficient (Wildman–Crippen LogP) is 2.59. The summed E-state index contributed by atoms with van der Waals surface area (Å²) in [5.74, 6) is -0.0546. The van der Waals surface area contributed by atoms with Crippen LogP contribution in [0.4, 0.5) is 5.88 Å². The number of rotatable bonds is 2. The smallest absolute Gasteiger partial charge is 0.276 e. The van der Waals surface area contributed by atoms with Gasteiger partial charge in [-0.05, 0) is 26.0 Å². The molecular formula is C11H10ClN3O2. The first-order valence-electron chi connectivity index (χ1n) is 4.94. The molecule has 1 N–H and O–H groups in total. The fourth-order valence-corrected chi connectivity index (χ4v) is 1.40. The molecular weight excluding hydrogens is 242 g/mol. The van der Waals surface area contributed by atoms with Crippen molar-refractivity contribution in [3.8, 4) is 0 Å². The van der Waals surface area contributed by atoms with Crippen LogP contribution in [0, 0.1) is 13.8 Å². The maximum absolute atomic E-state index is 11.8. The van der Waals surface area contributed by atoms with Crippen molar-refractivity contribution in [3.05, 3.63) is 40.3 Å². The molecule has 17 heavy (non-hydrogen) atoms. The van der Waals surface area contributed by atoms with E-state index in [-0.39, 0.29) is 16.8 Å². The molecule has 0 bridgehead atoms. The summed E-state index contributed by atoms with van der Waals surface area (Å²) in [6.45, 7) is 3.61. The zero-order valence-corrected chi connectivity index (χ0v) is 10.1. The standard InChI is InChI=1S/C11H10ClN3O2/c1-6-7(2)15-17-11(6)14-10(16)8-4-3-5-9(12)13-8/h3-5H,1-2H3,(H,14,16). The Morgan fingerprint density at radius 2 is 2.18 bits per heavy atom. The molecule has 2 aromatic rings. The molecule has 0 saturated carbocycles. The van der Waals surface area contributed by atoms with Crippen LogP contribution < -0.4 is 5.32 Å². The summed E-state index contributed by atoms with van der Waals surface area (Å²) < 4.78 is 4.97. The second-order valence-corrected chi connectivity index (χ2v) is 3.91. The highest BCUT2D eigenvalue weighted by atomic mass is 35.5. The summed E-state index contributed by atoms with van der Waals surface area (Å²) >= 11 is 5.70. The van der Waals surface area contributed by atoms with Crippen LogP contribution in [0.25, 0.3) is 0 Å². The topological polar surface area (TPSA) is 68.0 Å². The van der Waals surface area contributed by atoms with Crippen molar-refractivity contribution in [1.82, 2.24) is 10.1 Å². The van der Waals surface area contributed by atoms with Crippen LogP contribution in [-0.4, -0.2) is 16.0 Å². The van der Waals surface area contributed by atoms with Gasteiger partial charge in [0, 0.05) is 5.56 Å². The van der Waals surface area contributed by atoms with E-state index in [4.69, 9.17) is 16.1 Å². The largest absolute Gasteiger partial charge is 0.338 e. The number of hydrogen-bond donors (Lipinski definition) is 1. The highest BCUT2D eigenvalue weighted by molar-refractivity contribution is 6.29. The quantitative estimate of drug-likeness (QED) is 0.833. The van der Waals surface area contributed by atoms with Crippen molar-refractivity contribution in [2.75, 3.05) is 5.32 Å². The van der Waals surface area contributed by atoms with E-state index in [1.807, 2.05) is 6.92 Å². The Morgan fingerprint density at radius 3 is 2.76 bits per heavy atom. The van der Waals surface area contributed by atoms with Crippen molar-refractivity contribution in [2.24, 2.45) is 0 Å². The Balaban J connectivity index is 2.20. The van der Waals surface area contributed by atoms with Gasteiger partial charge in [0.1, 0.15) is 10.8 Å². The van der Waals surface area contributed by atoms with Crippen LogP contribution in [0.5, 0.6) is 0 Å². The Labute approximate surface area is 103 Å². The molecule has 1 amide bonds. The van der Waals surface area contributed by atoms with Gasteiger partial charge in [0.2, 0.25) is 5.88 Å². The Bertz CT molecular complexity index is 566. The average Bonchev–Trinajstić information content (AvgIpc) is 2.61. The molecule has 0 unspecified atom stereocenters. The molecule has 0 saturated heterocycles. The average molecular weight is 252 g/mol. The third kappa shape index (κ3) is 2.45. The minimum atomic E-state index is -0.383. The lowest BCUT2D eigenvalue weighted by atomic mass is 10.3. The highest BCUT2D eigenvalue weighted by Crippen LogP contribution is 2.18. The van der Waals surface area contributed by atoms with Crippen molar-refractivity contribution in [2.45, 2.75) is 13.8 Å². The number of carbonyl (C=O) groups excluding carboxylic acids is 1. The first-order valence-corrected chi connectivity index (χ1v) is 5.32. The van der Waals surface area contributed by atoms with Crippen LogP contribution in [-0.2, 0) is 0 Å². The van der Waals surface area contributed by atoms with E-state index in [0.717, 1.165) is 11.3 Å². The fraction of sp³-hybridized carbons (Fsp3) is 0.182. The lowest BCUT2D eigenvalue weighted by Crippen LogP contribution is -2.13. The van der Waals surface area contributed by atoms with Crippen LogP contribution in [0.1, 0.15) is 21.7 Å². The Kier molecular flexibility index (Phi) is 3.10. The van der Waals surface area contributed by atoms with E-state index < -0.39 is 0 Å². The van der Waals surface area contributed by atoms with Gasteiger partial charge in [-0.15, -0.1) is 0 Å². The van der Waals surface area contributed by atoms with E-state index in [2.05, 4.69) is 15.5 Å². The van der Waals surface area contributed by atoms with Crippen molar-refractivity contribution >= 4 is 23.4 Å². The number of nitrogens with one attached hydrogen (secondary N) is 1. The van der Waals surface area contributed by atoms with Gasteiger partial charge in [0.25, 0.3) is 5.91 Å². The monoisotopic (exact) mass is 251 g/mol. The van der Waals surface area contributed by atoms with Crippen LogP contribution in [0.2, 0.25) is 5.15 Å². The summed E-state index contributed by atoms with van der Waals surface area (Å²) in [7, 11) is 0. The summed E-state index contributed by atoms with van der Waals surface area (Å²) in [4.78, 5) is 15.7. The summed E-state index contributed by atoms with van der Waals surface area (Å²) in [6, 6.07) is 4.82. The minimum Gasteiger partial charge on any atom is -0.338 e. The highest BCUT2D eigenvalue weighted by Gasteiger charge is 2.14. The lowest BCUT2D eigenvalue weighted by Gasteiger charge is -2.01. The molecule has 0 spiro atoms. The molecule has 0 aliphatic heterocycles. The molecule has 0 aliphatic rings. The SMILES string of the molecule is Cc1noc(NC(=O)c2cccc(Cl)n2)c1C. The number of anilines is 1. The Hall–Kier alpha value is -1.88. The molecule has 6 heteroatoms. The van der Waals surface area contributed by atoms with E-state index in [1.165, 1.54) is 0 Å². The molecule has 0 fully saturated rings. The maximum atomic E-state index is 11.8. The second-order valence-electron chi connectivity index (χ2n) is 3.52. The van der Waals surface area contributed by atoms with Crippen LogP contribution in [0.15, 0.2) is 22.7 Å². The number of nitrogens with zero attached hydrogens (tertiary/aromatic N) is 2. The predicted molar refractivity (Wildman–Crippen MR) is 63.2 cm³/mol. The van der Waals surface area contributed by atoms with Crippen molar-refractivity contribution in [1.29, 1.82) is 0 Å². The summed E-state index contributed by atoms with van der Waals surface area (Å²) in [5, 5.41) is 6.60. The number of amides is 1. The Morgan fingerprint density at radius 1 is 1.41 bits per heavy atom. The van der Waals surface area contributed by atoms with Crippen molar-refractivity contribution in [3.63, 3.8) is 0 Å². The van der Waals surface area contributed by atoms with Gasteiger partial charge in [0.05, 0.1) is 5.69 Å². The normalized spacial score (nSPS) is 10.3. The molecule has 5 nitrogen and oxygen atoms in total. The number of hydrogen-bond acceptors (Lipinski definition) is 4. The third-order valence-electron chi connectivity index (χ3n) is 2.33. The molecule has 88 valence electrons. The van der Waals surface area contributed by atoms with Gasteiger partial charge in [0.15, 0.2) is 0 Å². The van der Waals surface area contributed by atoms with Gasteiger partial charge in [-0.3, -0.25) is 10.1 Å². The van der Waals surface area contributed by atoms with Crippen LogP contribution in [0.3, 0.4) is 0 Å². The van der Waals surface area contributed by atoms with Gasteiger partial charge < -0.3 is 4.52 Å². The number of aryl methyl sites for hydroxylation is 1. The second kappa shape index (κ2) is 4.55. The number of aromatic nitrogens is 2. The molecule has 0 aromatic carbocycles. The van der Waals surface area contributed by atoms with Crippen LogP contribution >= 0.6 is 11.6 Å². The molecule has 0 radical (unpaired) electrons. The first-order chi connectivity index (χ1) is 8.08. The lowest BCUT2D eigenvalue weighted by molar-refractivity contribution is 0.101. The molecule has 0 atom stereocenters. The summed E-state index contributed by atoms with van der Waals surface area (Å²) in [5.41, 5.74) is 1.76. The van der Waals surface area contributed by atoms with Gasteiger partial charge in [-0.2, -0.15) is 0 Å². The van der Waals surface area contributed by atoms with E-state index in [9.17, 15) is 4.79 Å². The summed E-state index contributed by atoms with van der Waals surface area (Å²) in [6.07, 6.45) is 0. The minimum absolute atomic E-state index is 0.228. The van der Waals surface area contributed by atoms with Gasteiger partial charge >= 0.3 is 0 Å². The number of pyridine rings is 1. The van der Waals surface area contributed by atoms with E-state index in [1.54, 1.807) is 25.1 Å². The number of halogens is 1. The maximum Gasteiger partial charge on any atom is 0.276 e. The fourth-order valence-electron chi connectivity index (χ4n) is 1.23. The van der Waals surface area contributed by atoms with E-state index in [0.29, 0.717) is 5.88 Å². The van der Waals surface area contributed by atoms with E-state index >= 15 is 0 Å². The molecule has 2 rings (SSSR count). The molecule has 2 heterocycles. The van der Waals surface area contributed by atoms with Gasteiger partial charge in [-0.1, -0.05) is 22.8 Å². The molecule has 0 aliphatic carbocycles. The van der Waals surface area contributed by atoms with Gasteiger partial charge in [-0.25, -0.2) is 4.98 Å². The zero-order valence-electron chi connectivity index (χ0n) is 9.32. The first kappa shape index (κ1) is 11.6. The van der Waals surface area contributed by atoms with Crippen molar-refractivity contribution < 1.29 is 9.32 Å². The third-order valence-corrected chi connectivity index (χ3v) is 2.54. The molecule has 2 aromatic heterocycles. The zero-order chi connectivity index (χ0) is 12.4.